The second-order valence-corrected chi connectivity index (χ2v) is 4.62. The van der Waals surface area contributed by atoms with Crippen molar-refractivity contribution in [2.75, 3.05) is 0 Å². The molecular weight excluding hydrogens is 276 g/mol. The van der Waals surface area contributed by atoms with Crippen molar-refractivity contribution >= 4 is 12.4 Å². The zero-order chi connectivity index (χ0) is 13.1. The Balaban J connectivity index is 0.00000180. The molecule has 0 bridgehead atoms. The molecule has 0 radical (unpaired) electrons. The Kier molecular flexibility index (Phi) is 5.97. The molecule has 3 nitrogen and oxygen atoms in total. The van der Waals surface area contributed by atoms with Crippen LogP contribution in [0.4, 0.5) is 8.78 Å². The molecule has 2 rings (SSSR count). The molecule has 0 heterocycles. The minimum Gasteiger partial charge on any atom is -0.434 e. The first-order valence-electron chi connectivity index (χ1n) is 6.07. The predicted molar refractivity (Wildman–Crippen MR) is 70.6 cm³/mol. The fraction of sp³-hybridized carbons (Fsp3) is 0.538. The second kappa shape index (κ2) is 7.03. The lowest BCUT2D eigenvalue weighted by molar-refractivity contribution is -0.0515. The van der Waals surface area contributed by atoms with Crippen LogP contribution in [0.5, 0.6) is 5.75 Å². The van der Waals surface area contributed by atoms with Gasteiger partial charge in [-0.1, -0.05) is 24.6 Å². The Bertz CT molecular complexity index is 402. The lowest BCUT2D eigenvalue weighted by atomic mass is 9.77. The highest BCUT2D eigenvalue weighted by Crippen LogP contribution is 2.36. The summed E-state index contributed by atoms with van der Waals surface area (Å²) in [5.74, 6) is 0.206. The number of hydrogen-bond donors (Lipinski definition) is 2. The van der Waals surface area contributed by atoms with E-state index in [1.807, 2.05) is 0 Å². The quantitative estimate of drug-likeness (QED) is 0.878. The number of halogens is 3. The standard InChI is InChI=1S/C13H17F2NO2.ClH/c14-13(15)18-10-7-2-1-6-9(10)11(16)12(17)8-4-3-5-8;/h1-2,6-8,11-13,17H,3-5,16H2;1H/t11-,12+;/m1./s1. The minimum atomic E-state index is -2.89. The molecular formula is C13H18ClF2NO2. The SMILES string of the molecule is Cl.N[C@H](c1ccccc1OC(F)F)[C@@H](O)C1CCC1. The number of rotatable bonds is 5. The van der Waals surface area contributed by atoms with Gasteiger partial charge in [0, 0.05) is 5.56 Å². The van der Waals surface area contributed by atoms with Crippen LogP contribution in [0.15, 0.2) is 24.3 Å². The summed E-state index contributed by atoms with van der Waals surface area (Å²) in [4.78, 5) is 0. The Morgan fingerprint density at radius 3 is 2.42 bits per heavy atom. The molecule has 0 aromatic heterocycles. The third-order valence-corrected chi connectivity index (χ3v) is 3.49. The number of aliphatic hydroxyl groups excluding tert-OH is 1. The van der Waals surface area contributed by atoms with E-state index in [1.165, 1.54) is 6.07 Å². The van der Waals surface area contributed by atoms with Gasteiger partial charge in [-0.05, 0) is 24.8 Å². The van der Waals surface area contributed by atoms with Crippen molar-refractivity contribution in [1.82, 2.24) is 0 Å². The van der Waals surface area contributed by atoms with Crippen molar-refractivity contribution in [1.29, 1.82) is 0 Å². The predicted octanol–water partition coefficient (Wildman–Crippen LogP) is 2.87. The van der Waals surface area contributed by atoms with Crippen LogP contribution in [-0.4, -0.2) is 17.8 Å². The molecule has 108 valence electrons. The highest BCUT2D eigenvalue weighted by Gasteiger charge is 2.32. The van der Waals surface area contributed by atoms with Gasteiger partial charge in [0.15, 0.2) is 0 Å². The van der Waals surface area contributed by atoms with Gasteiger partial charge in [-0.3, -0.25) is 0 Å². The molecule has 0 aliphatic heterocycles. The van der Waals surface area contributed by atoms with Gasteiger partial charge in [0.05, 0.1) is 12.1 Å². The van der Waals surface area contributed by atoms with Crippen LogP contribution in [0, 0.1) is 5.92 Å². The number of aliphatic hydroxyl groups is 1. The second-order valence-electron chi connectivity index (χ2n) is 4.62. The van der Waals surface area contributed by atoms with Crippen molar-refractivity contribution in [2.45, 2.75) is 38.0 Å². The fourth-order valence-corrected chi connectivity index (χ4v) is 2.22. The van der Waals surface area contributed by atoms with E-state index >= 15 is 0 Å². The third-order valence-electron chi connectivity index (χ3n) is 3.49. The Hall–Kier alpha value is -0.910. The van der Waals surface area contributed by atoms with Gasteiger partial charge in [-0.2, -0.15) is 8.78 Å². The van der Waals surface area contributed by atoms with Crippen LogP contribution in [0.2, 0.25) is 0 Å². The van der Waals surface area contributed by atoms with Gasteiger partial charge in [0.1, 0.15) is 5.75 Å². The molecule has 2 atom stereocenters. The summed E-state index contributed by atoms with van der Waals surface area (Å²) in [7, 11) is 0. The third kappa shape index (κ3) is 3.78. The molecule has 1 saturated carbocycles. The van der Waals surface area contributed by atoms with Crippen molar-refractivity contribution in [3.8, 4) is 5.75 Å². The van der Waals surface area contributed by atoms with Gasteiger partial charge in [-0.15, -0.1) is 12.4 Å². The van der Waals surface area contributed by atoms with Gasteiger partial charge >= 0.3 is 6.61 Å². The molecule has 1 aliphatic carbocycles. The average Bonchev–Trinajstić information content (AvgIpc) is 2.25. The fourth-order valence-electron chi connectivity index (χ4n) is 2.22. The molecule has 3 N–H and O–H groups in total. The maximum Gasteiger partial charge on any atom is 0.387 e. The summed E-state index contributed by atoms with van der Waals surface area (Å²) in [5, 5.41) is 10.1. The van der Waals surface area contributed by atoms with Gasteiger partial charge in [0.25, 0.3) is 0 Å². The number of nitrogens with two attached hydrogens (primary N) is 1. The van der Waals surface area contributed by atoms with Crippen LogP contribution >= 0.6 is 12.4 Å². The lowest BCUT2D eigenvalue weighted by Gasteiger charge is -2.34. The van der Waals surface area contributed by atoms with E-state index in [0.717, 1.165) is 19.3 Å². The van der Waals surface area contributed by atoms with E-state index in [4.69, 9.17) is 5.73 Å². The van der Waals surface area contributed by atoms with Crippen molar-refractivity contribution in [3.63, 3.8) is 0 Å². The smallest absolute Gasteiger partial charge is 0.387 e. The van der Waals surface area contributed by atoms with E-state index in [0.29, 0.717) is 5.56 Å². The van der Waals surface area contributed by atoms with Gasteiger partial charge in [0.2, 0.25) is 0 Å². The van der Waals surface area contributed by atoms with E-state index in [-0.39, 0.29) is 24.1 Å². The van der Waals surface area contributed by atoms with Crippen molar-refractivity contribution < 1.29 is 18.6 Å². The van der Waals surface area contributed by atoms with Gasteiger partial charge < -0.3 is 15.6 Å². The van der Waals surface area contributed by atoms with Crippen molar-refractivity contribution in [3.05, 3.63) is 29.8 Å². The van der Waals surface area contributed by atoms with E-state index < -0.39 is 18.8 Å². The number of hydrogen-bond acceptors (Lipinski definition) is 3. The summed E-state index contributed by atoms with van der Waals surface area (Å²) >= 11 is 0. The first kappa shape index (κ1) is 16.1. The molecule has 19 heavy (non-hydrogen) atoms. The number of benzene rings is 1. The Morgan fingerprint density at radius 1 is 1.26 bits per heavy atom. The summed E-state index contributed by atoms with van der Waals surface area (Å²) < 4.78 is 29.0. The molecule has 1 fully saturated rings. The molecule has 0 saturated heterocycles. The van der Waals surface area contributed by atoms with Crippen LogP contribution in [-0.2, 0) is 0 Å². The number of para-hydroxylation sites is 1. The highest BCUT2D eigenvalue weighted by molar-refractivity contribution is 5.85. The summed E-state index contributed by atoms with van der Waals surface area (Å²) in [6.07, 6.45) is 2.25. The monoisotopic (exact) mass is 293 g/mol. The van der Waals surface area contributed by atoms with Crippen LogP contribution < -0.4 is 10.5 Å². The average molecular weight is 294 g/mol. The zero-order valence-electron chi connectivity index (χ0n) is 10.3. The zero-order valence-corrected chi connectivity index (χ0v) is 11.2. The normalized spacial score (nSPS) is 18.4. The Morgan fingerprint density at radius 2 is 1.89 bits per heavy atom. The highest BCUT2D eigenvalue weighted by atomic mass is 35.5. The van der Waals surface area contributed by atoms with Crippen molar-refractivity contribution in [2.24, 2.45) is 11.7 Å². The maximum absolute atomic E-state index is 12.3. The van der Waals surface area contributed by atoms with E-state index in [2.05, 4.69) is 4.74 Å². The molecule has 0 spiro atoms. The first-order chi connectivity index (χ1) is 8.59. The summed E-state index contributed by atoms with van der Waals surface area (Å²) in [6.45, 7) is -2.89. The van der Waals surface area contributed by atoms with E-state index in [9.17, 15) is 13.9 Å². The number of alkyl halides is 2. The maximum atomic E-state index is 12.3. The minimum absolute atomic E-state index is 0. The number of ether oxygens (including phenoxy) is 1. The molecule has 1 aliphatic rings. The molecule has 1 aromatic rings. The first-order valence-corrected chi connectivity index (χ1v) is 6.07. The largest absolute Gasteiger partial charge is 0.434 e. The molecule has 1 aromatic carbocycles. The molecule has 0 unspecified atom stereocenters. The van der Waals surface area contributed by atoms with E-state index in [1.54, 1.807) is 18.2 Å². The van der Waals surface area contributed by atoms with Gasteiger partial charge in [-0.25, -0.2) is 0 Å². The van der Waals surface area contributed by atoms with Crippen LogP contribution in [0.25, 0.3) is 0 Å². The summed E-state index contributed by atoms with van der Waals surface area (Å²) in [6, 6.07) is 5.66. The van der Waals surface area contributed by atoms with Crippen LogP contribution in [0.3, 0.4) is 0 Å². The lowest BCUT2D eigenvalue weighted by Crippen LogP contribution is -2.36. The van der Waals surface area contributed by atoms with Crippen LogP contribution in [0.1, 0.15) is 30.9 Å². The Labute approximate surface area is 117 Å². The topological polar surface area (TPSA) is 55.5 Å². The molecule has 6 heteroatoms. The summed E-state index contributed by atoms with van der Waals surface area (Å²) in [5.41, 5.74) is 6.38. The molecule has 0 amide bonds.